The lowest BCUT2D eigenvalue weighted by molar-refractivity contribution is 0.0790. The van der Waals surface area contributed by atoms with Crippen LogP contribution in [0.5, 0.6) is 0 Å². The molecular formula is C14H18BrN3OS. The summed E-state index contributed by atoms with van der Waals surface area (Å²) in [7, 11) is 3.70. The predicted molar refractivity (Wildman–Crippen MR) is 85.0 cm³/mol. The molecule has 0 aliphatic rings. The van der Waals surface area contributed by atoms with E-state index in [2.05, 4.69) is 28.0 Å². The molecule has 6 heteroatoms. The van der Waals surface area contributed by atoms with Gasteiger partial charge >= 0.3 is 0 Å². The number of aryl methyl sites for hydroxylation is 2. The van der Waals surface area contributed by atoms with Crippen LogP contribution in [0.4, 0.5) is 0 Å². The number of aromatic nitrogens is 2. The van der Waals surface area contributed by atoms with Crippen LogP contribution < -0.4 is 0 Å². The van der Waals surface area contributed by atoms with E-state index in [4.69, 9.17) is 0 Å². The normalized spacial score (nSPS) is 10.8. The molecule has 108 valence electrons. The van der Waals surface area contributed by atoms with Crippen molar-refractivity contribution >= 4 is 33.2 Å². The van der Waals surface area contributed by atoms with E-state index >= 15 is 0 Å². The zero-order valence-electron chi connectivity index (χ0n) is 11.9. The van der Waals surface area contributed by atoms with Crippen LogP contribution >= 0.6 is 27.3 Å². The van der Waals surface area contributed by atoms with E-state index in [1.807, 2.05) is 26.4 Å². The first-order valence-corrected chi connectivity index (χ1v) is 8.13. The fourth-order valence-electron chi connectivity index (χ4n) is 2.00. The van der Waals surface area contributed by atoms with Crippen LogP contribution in [-0.2, 0) is 20.0 Å². The molecule has 0 unspecified atom stereocenters. The molecule has 0 N–H and O–H groups in total. The standard InChI is InChI=1S/C14H18BrN3OS/c1-4-5-12-11(15)6-13(20-12)14(19)17(2)8-10-7-16-18(3)9-10/h6-7,9H,4-5,8H2,1-3H3. The topological polar surface area (TPSA) is 38.1 Å². The van der Waals surface area contributed by atoms with Crippen LogP contribution in [0.1, 0.15) is 33.5 Å². The highest BCUT2D eigenvalue weighted by Gasteiger charge is 2.17. The molecule has 0 aliphatic heterocycles. The Labute approximate surface area is 131 Å². The summed E-state index contributed by atoms with van der Waals surface area (Å²) in [5, 5.41) is 4.12. The van der Waals surface area contributed by atoms with Gasteiger partial charge in [-0.3, -0.25) is 9.48 Å². The smallest absolute Gasteiger partial charge is 0.264 e. The minimum Gasteiger partial charge on any atom is -0.337 e. The highest BCUT2D eigenvalue weighted by molar-refractivity contribution is 9.10. The number of hydrogen-bond donors (Lipinski definition) is 0. The maximum Gasteiger partial charge on any atom is 0.264 e. The molecule has 2 rings (SSSR count). The Kier molecular flexibility index (Phi) is 4.99. The second-order valence-electron chi connectivity index (χ2n) is 4.82. The molecule has 0 spiro atoms. The first-order chi connectivity index (χ1) is 9.51. The van der Waals surface area contributed by atoms with E-state index < -0.39 is 0 Å². The van der Waals surface area contributed by atoms with E-state index in [9.17, 15) is 4.79 Å². The van der Waals surface area contributed by atoms with Crippen LogP contribution in [0.25, 0.3) is 0 Å². The van der Waals surface area contributed by atoms with Gasteiger partial charge in [0.2, 0.25) is 0 Å². The number of rotatable bonds is 5. The van der Waals surface area contributed by atoms with E-state index in [0.29, 0.717) is 6.54 Å². The summed E-state index contributed by atoms with van der Waals surface area (Å²) in [6.45, 7) is 2.72. The van der Waals surface area contributed by atoms with Gasteiger partial charge in [-0.1, -0.05) is 13.3 Å². The number of halogens is 1. The van der Waals surface area contributed by atoms with Gasteiger partial charge in [-0.05, 0) is 28.4 Å². The third-order valence-corrected chi connectivity index (χ3v) is 5.12. The molecule has 0 radical (unpaired) electrons. The van der Waals surface area contributed by atoms with Crippen LogP contribution in [-0.4, -0.2) is 27.6 Å². The number of carbonyl (C=O) groups excluding carboxylic acids is 1. The molecule has 0 atom stereocenters. The average molecular weight is 356 g/mol. The summed E-state index contributed by atoms with van der Waals surface area (Å²) in [6.07, 6.45) is 5.80. The lowest BCUT2D eigenvalue weighted by Crippen LogP contribution is -2.25. The molecule has 0 aliphatic carbocycles. The Hall–Kier alpha value is -1.14. The molecule has 0 saturated carbocycles. The Morgan fingerprint density at radius 3 is 2.90 bits per heavy atom. The van der Waals surface area contributed by atoms with Crippen molar-refractivity contribution in [2.45, 2.75) is 26.3 Å². The minimum atomic E-state index is 0.0573. The molecule has 4 nitrogen and oxygen atoms in total. The second-order valence-corrected chi connectivity index (χ2v) is 6.81. The largest absolute Gasteiger partial charge is 0.337 e. The minimum absolute atomic E-state index is 0.0573. The number of nitrogens with zero attached hydrogens (tertiary/aromatic N) is 3. The van der Waals surface area contributed by atoms with E-state index in [1.54, 1.807) is 27.1 Å². The summed E-state index contributed by atoms with van der Waals surface area (Å²) in [5.41, 5.74) is 1.03. The van der Waals surface area contributed by atoms with E-state index in [-0.39, 0.29) is 5.91 Å². The molecule has 2 heterocycles. The van der Waals surface area contributed by atoms with Crippen molar-refractivity contribution in [1.82, 2.24) is 14.7 Å². The summed E-state index contributed by atoms with van der Waals surface area (Å²) < 4.78 is 2.79. The summed E-state index contributed by atoms with van der Waals surface area (Å²) >= 11 is 5.11. The van der Waals surface area contributed by atoms with Gasteiger partial charge in [0, 0.05) is 41.8 Å². The third-order valence-electron chi connectivity index (χ3n) is 2.97. The Bertz CT molecular complexity index is 605. The average Bonchev–Trinajstić information content (AvgIpc) is 2.96. The first-order valence-electron chi connectivity index (χ1n) is 6.52. The summed E-state index contributed by atoms with van der Waals surface area (Å²) in [5.74, 6) is 0.0573. The molecular weight excluding hydrogens is 338 g/mol. The lowest BCUT2D eigenvalue weighted by atomic mass is 10.3. The van der Waals surface area contributed by atoms with Crippen molar-refractivity contribution in [1.29, 1.82) is 0 Å². The second kappa shape index (κ2) is 6.54. The fourth-order valence-corrected chi connectivity index (χ4v) is 3.97. The lowest BCUT2D eigenvalue weighted by Gasteiger charge is -2.14. The fraction of sp³-hybridized carbons (Fsp3) is 0.429. The highest BCUT2D eigenvalue weighted by Crippen LogP contribution is 2.29. The van der Waals surface area contributed by atoms with E-state index in [0.717, 1.165) is 27.8 Å². The number of thiophene rings is 1. The van der Waals surface area contributed by atoms with Gasteiger partial charge in [-0.15, -0.1) is 11.3 Å². The van der Waals surface area contributed by atoms with Crippen molar-refractivity contribution in [3.8, 4) is 0 Å². The van der Waals surface area contributed by atoms with Gasteiger partial charge in [0.25, 0.3) is 5.91 Å². The Morgan fingerprint density at radius 1 is 1.55 bits per heavy atom. The molecule has 0 bridgehead atoms. The maximum absolute atomic E-state index is 12.4. The molecule has 20 heavy (non-hydrogen) atoms. The molecule has 2 aromatic rings. The van der Waals surface area contributed by atoms with Crippen LogP contribution in [0.3, 0.4) is 0 Å². The van der Waals surface area contributed by atoms with Crippen LogP contribution in [0.15, 0.2) is 22.9 Å². The van der Waals surface area contributed by atoms with Gasteiger partial charge in [0.15, 0.2) is 0 Å². The predicted octanol–water partition coefficient (Wildman–Crippen LogP) is 3.47. The Balaban J connectivity index is 2.08. The molecule has 0 fully saturated rings. The van der Waals surface area contributed by atoms with Gasteiger partial charge in [0.05, 0.1) is 11.1 Å². The highest BCUT2D eigenvalue weighted by atomic mass is 79.9. The van der Waals surface area contributed by atoms with Gasteiger partial charge < -0.3 is 4.90 Å². The number of carbonyl (C=O) groups is 1. The van der Waals surface area contributed by atoms with Crippen LogP contribution in [0.2, 0.25) is 0 Å². The van der Waals surface area contributed by atoms with Gasteiger partial charge in [0.1, 0.15) is 0 Å². The van der Waals surface area contributed by atoms with E-state index in [1.165, 1.54) is 4.88 Å². The van der Waals surface area contributed by atoms with Crippen molar-refractivity contribution in [3.63, 3.8) is 0 Å². The summed E-state index contributed by atoms with van der Waals surface area (Å²) in [4.78, 5) is 16.2. The van der Waals surface area contributed by atoms with Crippen molar-refractivity contribution in [2.24, 2.45) is 7.05 Å². The summed E-state index contributed by atoms with van der Waals surface area (Å²) in [6, 6.07) is 1.93. The van der Waals surface area contributed by atoms with Gasteiger partial charge in [-0.2, -0.15) is 5.10 Å². The van der Waals surface area contributed by atoms with Crippen molar-refractivity contribution in [2.75, 3.05) is 7.05 Å². The maximum atomic E-state index is 12.4. The van der Waals surface area contributed by atoms with Crippen molar-refractivity contribution in [3.05, 3.63) is 38.3 Å². The van der Waals surface area contributed by atoms with Crippen LogP contribution in [0, 0.1) is 0 Å². The molecule has 0 aromatic carbocycles. The molecule has 1 amide bonds. The SMILES string of the molecule is CCCc1sc(C(=O)N(C)Cc2cnn(C)c2)cc1Br. The monoisotopic (exact) mass is 355 g/mol. The quantitative estimate of drug-likeness (QED) is 0.823. The molecule has 2 aromatic heterocycles. The molecule has 0 saturated heterocycles. The van der Waals surface area contributed by atoms with Crippen molar-refractivity contribution < 1.29 is 4.79 Å². The number of amides is 1. The number of hydrogen-bond acceptors (Lipinski definition) is 3. The van der Waals surface area contributed by atoms with Gasteiger partial charge in [-0.25, -0.2) is 0 Å². The Morgan fingerprint density at radius 2 is 2.30 bits per heavy atom. The zero-order valence-corrected chi connectivity index (χ0v) is 14.3. The first kappa shape index (κ1) is 15.3. The third kappa shape index (κ3) is 3.49. The zero-order chi connectivity index (χ0) is 14.7.